The third-order valence-electron chi connectivity index (χ3n) is 5.44. The standard InChI is InChI=1S/C22H27NO6/c1-6-29-22(25)17-12(2)23-14-8-7-9-15(24)19(14)18(17)13-10-11-16(26-3)21(28-5)20(13)27-4/h10-11,17-18H,6-9H2,1-5H3/t17?,18-/m1/s1. The summed E-state index contributed by atoms with van der Waals surface area (Å²) >= 11 is 0. The highest BCUT2D eigenvalue weighted by molar-refractivity contribution is 6.09. The van der Waals surface area contributed by atoms with E-state index in [-0.39, 0.29) is 12.4 Å². The summed E-state index contributed by atoms with van der Waals surface area (Å²) in [6.07, 6.45) is 1.91. The number of benzene rings is 1. The molecule has 0 spiro atoms. The van der Waals surface area contributed by atoms with Crippen LogP contribution in [0.15, 0.2) is 28.4 Å². The summed E-state index contributed by atoms with van der Waals surface area (Å²) in [5, 5.41) is 0. The van der Waals surface area contributed by atoms with Crippen molar-refractivity contribution in [2.45, 2.75) is 39.0 Å². The molecule has 0 amide bonds. The van der Waals surface area contributed by atoms with Gasteiger partial charge in [-0.05, 0) is 32.8 Å². The van der Waals surface area contributed by atoms with Crippen LogP contribution in [0, 0.1) is 5.92 Å². The van der Waals surface area contributed by atoms with Crippen molar-refractivity contribution in [1.82, 2.24) is 0 Å². The van der Waals surface area contributed by atoms with Crippen molar-refractivity contribution in [3.63, 3.8) is 0 Å². The number of hydrogen-bond donors (Lipinski definition) is 0. The van der Waals surface area contributed by atoms with Crippen LogP contribution in [0.3, 0.4) is 0 Å². The summed E-state index contributed by atoms with van der Waals surface area (Å²) in [4.78, 5) is 30.5. The highest BCUT2D eigenvalue weighted by Crippen LogP contribution is 2.50. The van der Waals surface area contributed by atoms with E-state index in [0.29, 0.717) is 46.9 Å². The zero-order chi connectivity index (χ0) is 21.1. The molecule has 1 unspecified atom stereocenters. The summed E-state index contributed by atoms with van der Waals surface area (Å²) in [6.45, 7) is 3.82. The molecule has 7 heteroatoms. The molecule has 29 heavy (non-hydrogen) atoms. The normalized spacial score (nSPS) is 21.3. The summed E-state index contributed by atoms with van der Waals surface area (Å²) in [6, 6.07) is 3.58. The molecule has 0 saturated carbocycles. The first-order chi connectivity index (χ1) is 14.0. The Morgan fingerprint density at radius 3 is 2.45 bits per heavy atom. The molecule has 1 aliphatic heterocycles. The number of hydrogen-bond acceptors (Lipinski definition) is 7. The summed E-state index contributed by atoms with van der Waals surface area (Å²) < 4.78 is 21.9. The van der Waals surface area contributed by atoms with Crippen LogP contribution in [0.25, 0.3) is 0 Å². The Labute approximate surface area is 170 Å². The molecule has 2 atom stereocenters. The molecule has 0 bridgehead atoms. The molecule has 0 fully saturated rings. The van der Waals surface area contributed by atoms with E-state index in [4.69, 9.17) is 18.9 Å². The van der Waals surface area contributed by atoms with Crippen LogP contribution in [0.1, 0.15) is 44.6 Å². The van der Waals surface area contributed by atoms with Gasteiger partial charge in [0.15, 0.2) is 17.3 Å². The minimum Gasteiger partial charge on any atom is -0.493 e. The predicted octanol–water partition coefficient (Wildman–Crippen LogP) is 3.46. The van der Waals surface area contributed by atoms with Crippen LogP contribution in [-0.2, 0) is 14.3 Å². The Bertz CT molecular complexity index is 886. The fraction of sp³-hybridized carbons (Fsp3) is 0.500. The summed E-state index contributed by atoms with van der Waals surface area (Å²) in [5.74, 6) is -0.288. The van der Waals surface area contributed by atoms with Crippen LogP contribution < -0.4 is 14.2 Å². The van der Waals surface area contributed by atoms with E-state index in [0.717, 1.165) is 12.1 Å². The van der Waals surface area contributed by atoms with Crippen LogP contribution in [0.2, 0.25) is 0 Å². The molecule has 0 aromatic heterocycles. The molecule has 1 aromatic carbocycles. The monoisotopic (exact) mass is 401 g/mol. The minimum absolute atomic E-state index is 0.0126. The zero-order valence-electron chi connectivity index (χ0n) is 17.5. The number of Topliss-reactive ketones (excluding diaryl/α,β-unsaturated/α-hetero) is 1. The van der Waals surface area contributed by atoms with Crippen LogP contribution >= 0.6 is 0 Å². The summed E-state index contributed by atoms with van der Waals surface area (Å²) in [5.41, 5.74) is 2.64. The first-order valence-corrected chi connectivity index (χ1v) is 9.75. The molecule has 0 saturated heterocycles. The highest BCUT2D eigenvalue weighted by Gasteiger charge is 2.44. The second-order valence-electron chi connectivity index (χ2n) is 7.02. The van der Waals surface area contributed by atoms with Crippen molar-refractivity contribution < 1.29 is 28.5 Å². The third-order valence-corrected chi connectivity index (χ3v) is 5.44. The Hall–Kier alpha value is -2.83. The quantitative estimate of drug-likeness (QED) is 0.679. The van der Waals surface area contributed by atoms with E-state index in [9.17, 15) is 9.59 Å². The van der Waals surface area contributed by atoms with E-state index < -0.39 is 17.8 Å². The van der Waals surface area contributed by atoms with Crippen molar-refractivity contribution in [2.24, 2.45) is 10.9 Å². The molecule has 156 valence electrons. The van der Waals surface area contributed by atoms with E-state index in [1.165, 1.54) is 14.2 Å². The first-order valence-electron chi connectivity index (χ1n) is 9.75. The Morgan fingerprint density at radius 2 is 1.83 bits per heavy atom. The fourth-order valence-corrected chi connectivity index (χ4v) is 4.25. The van der Waals surface area contributed by atoms with Crippen molar-refractivity contribution in [1.29, 1.82) is 0 Å². The second kappa shape index (κ2) is 8.68. The number of allylic oxidation sites excluding steroid dienone is 2. The van der Waals surface area contributed by atoms with Crippen molar-refractivity contribution in [3.05, 3.63) is 29.0 Å². The summed E-state index contributed by atoms with van der Waals surface area (Å²) in [7, 11) is 4.60. The molecule has 3 rings (SSSR count). The molecule has 2 aliphatic rings. The van der Waals surface area contributed by atoms with Gasteiger partial charge in [-0.1, -0.05) is 6.07 Å². The number of ketones is 1. The van der Waals surface area contributed by atoms with E-state index in [2.05, 4.69) is 4.99 Å². The Kier molecular flexibility index (Phi) is 6.25. The Balaban J connectivity index is 2.27. The lowest BCUT2D eigenvalue weighted by atomic mass is 9.71. The van der Waals surface area contributed by atoms with Crippen LogP contribution in [0.5, 0.6) is 17.2 Å². The van der Waals surface area contributed by atoms with Crippen LogP contribution in [-0.4, -0.2) is 45.4 Å². The molecular weight excluding hydrogens is 374 g/mol. The number of rotatable bonds is 6. The highest BCUT2D eigenvalue weighted by atomic mass is 16.5. The Morgan fingerprint density at radius 1 is 1.10 bits per heavy atom. The number of carbonyl (C=O) groups is 2. The van der Waals surface area contributed by atoms with Gasteiger partial charge in [0.1, 0.15) is 5.92 Å². The van der Waals surface area contributed by atoms with E-state index in [1.54, 1.807) is 20.1 Å². The van der Waals surface area contributed by atoms with E-state index in [1.807, 2.05) is 13.0 Å². The molecule has 7 nitrogen and oxygen atoms in total. The average Bonchev–Trinajstić information content (AvgIpc) is 2.71. The minimum atomic E-state index is -0.706. The van der Waals surface area contributed by atoms with Gasteiger partial charge >= 0.3 is 5.97 Å². The van der Waals surface area contributed by atoms with Gasteiger partial charge in [0.25, 0.3) is 0 Å². The number of carbonyl (C=O) groups excluding carboxylic acids is 2. The maximum Gasteiger partial charge on any atom is 0.315 e. The molecule has 1 aromatic rings. The topological polar surface area (TPSA) is 83.4 Å². The molecule has 1 aliphatic carbocycles. The van der Waals surface area contributed by atoms with Crippen molar-refractivity contribution in [2.75, 3.05) is 27.9 Å². The molecular formula is C22H27NO6. The van der Waals surface area contributed by atoms with Gasteiger partial charge < -0.3 is 18.9 Å². The van der Waals surface area contributed by atoms with Gasteiger partial charge in [0.05, 0.1) is 27.9 Å². The lowest BCUT2D eigenvalue weighted by Gasteiger charge is -2.35. The smallest absolute Gasteiger partial charge is 0.315 e. The molecule has 0 radical (unpaired) electrons. The number of ether oxygens (including phenoxy) is 4. The van der Waals surface area contributed by atoms with E-state index >= 15 is 0 Å². The second-order valence-corrected chi connectivity index (χ2v) is 7.02. The third kappa shape index (κ3) is 3.61. The maximum atomic E-state index is 12.9. The number of esters is 1. The molecule has 1 heterocycles. The lowest BCUT2D eigenvalue weighted by molar-refractivity contribution is -0.146. The molecule has 0 N–H and O–H groups in total. The van der Waals surface area contributed by atoms with Crippen LogP contribution in [0.4, 0.5) is 0 Å². The van der Waals surface area contributed by atoms with Gasteiger partial charge in [-0.25, -0.2) is 0 Å². The van der Waals surface area contributed by atoms with Gasteiger partial charge in [0.2, 0.25) is 5.75 Å². The predicted molar refractivity (Wildman–Crippen MR) is 108 cm³/mol. The van der Waals surface area contributed by atoms with Gasteiger partial charge in [-0.2, -0.15) is 0 Å². The SMILES string of the molecule is CCOC(=O)C1C(C)=NC2=C(C(=O)CCC2)[C@@H]1c1ccc(OC)c(OC)c1OC. The maximum absolute atomic E-state index is 12.9. The lowest BCUT2D eigenvalue weighted by Crippen LogP contribution is -2.37. The van der Waals surface area contributed by atoms with Gasteiger partial charge in [0, 0.05) is 34.9 Å². The first kappa shape index (κ1) is 20.9. The fourth-order valence-electron chi connectivity index (χ4n) is 4.25. The van der Waals surface area contributed by atoms with Crippen molar-refractivity contribution in [3.8, 4) is 17.2 Å². The van der Waals surface area contributed by atoms with Crippen molar-refractivity contribution >= 4 is 17.5 Å². The zero-order valence-corrected chi connectivity index (χ0v) is 17.5. The largest absolute Gasteiger partial charge is 0.493 e. The number of nitrogens with zero attached hydrogens (tertiary/aromatic N) is 1. The average molecular weight is 401 g/mol. The van der Waals surface area contributed by atoms with Gasteiger partial charge in [-0.3, -0.25) is 14.6 Å². The number of aliphatic imine (C=N–C) groups is 1. The van der Waals surface area contributed by atoms with Gasteiger partial charge in [-0.15, -0.1) is 0 Å². The number of methoxy groups -OCH3 is 3.